The Morgan fingerprint density at radius 1 is 1.12 bits per heavy atom. The van der Waals surface area contributed by atoms with Gasteiger partial charge in [0.15, 0.2) is 28.8 Å². The summed E-state index contributed by atoms with van der Waals surface area (Å²) in [6, 6.07) is 6.09. The highest BCUT2D eigenvalue weighted by Crippen LogP contribution is 2.46. The highest BCUT2D eigenvalue weighted by Gasteiger charge is 2.34. The molecule has 0 spiro atoms. The zero-order valence-corrected chi connectivity index (χ0v) is 13.8. The zero-order chi connectivity index (χ0) is 18.1. The third-order valence-corrected chi connectivity index (χ3v) is 4.19. The van der Waals surface area contributed by atoms with E-state index in [-0.39, 0.29) is 41.0 Å². The predicted octanol–water partition coefficient (Wildman–Crippen LogP) is 2.25. The van der Waals surface area contributed by atoms with Crippen molar-refractivity contribution in [1.82, 2.24) is 0 Å². The molecule has 2 aromatic carbocycles. The standard InChI is InChI=1S/C18H18O7/c1-23-13-6-9(3-4-11(13)19)5-10-8-25-14-7-12(20)18(24-2)17(22)15(14)16(10)21/h3-4,6-7,10,19-20,22H,5,8H2,1-2H3/t10-/m0/s1. The maximum absolute atomic E-state index is 12.8. The molecule has 0 radical (unpaired) electrons. The molecule has 3 rings (SSSR count). The van der Waals surface area contributed by atoms with Crippen LogP contribution >= 0.6 is 0 Å². The van der Waals surface area contributed by atoms with E-state index in [0.717, 1.165) is 5.56 Å². The minimum atomic E-state index is -0.526. The third kappa shape index (κ3) is 2.88. The van der Waals surface area contributed by atoms with Crippen molar-refractivity contribution in [3.8, 4) is 34.5 Å². The molecular formula is C18H18O7. The van der Waals surface area contributed by atoms with Gasteiger partial charge in [-0.2, -0.15) is 0 Å². The number of fused-ring (bicyclic) bond motifs is 1. The lowest BCUT2D eigenvalue weighted by Crippen LogP contribution is -2.29. The van der Waals surface area contributed by atoms with E-state index in [1.807, 2.05) is 0 Å². The lowest BCUT2D eigenvalue weighted by Gasteiger charge is -2.25. The number of hydrogen-bond donors (Lipinski definition) is 3. The quantitative estimate of drug-likeness (QED) is 0.780. The molecule has 0 bridgehead atoms. The van der Waals surface area contributed by atoms with Crippen molar-refractivity contribution in [2.75, 3.05) is 20.8 Å². The molecule has 3 N–H and O–H groups in total. The monoisotopic (exact) mass is 346 g/mol. The van der Waals surface area contributed by atoms with Crippen LogP contribution in [-0.4, -0.2) is 41.9 Å². The van der Waals surface area contributed by atoms with Crippen molar-refractivity contribution in [3.63, 3.8) is 0 Å². The second-order valence-corrected chi connectivity index (χ2v) is 5.73. The van der Waals surface area contributed by atoms with Crippen molar-refractivity contribution >= 4 is 5.78 Å². The number of phenols is 3. The second-order valence-electron chi connectivity index (χ2n) is 5.73. The van der Waals surface area contributed by atoms with Crippen molar-refractivity contribution in [2.45, 2.75) is 6.42 Å². The Bertz CT molecular complexity index is 829. The van der Waals surface area contributed by atoms with Crippen LogP contribution in [-0.2, 0) is 6.42 Å². The first-order chi connectivity index (χ1) is 12.0. The summed E-state index contributed by atoms with van der Waals surface area (Å²) in [6.45, 7) is 0.111. The number of Topliss-reactive ketones (excluding diaryl/α,β-unsaturated/α-hetero) is 1. The summed E-state index contributed by atoms with van der Waals surface area (Å²) >= 11 is 0. The first-order valence-electron chi connectivity index (χ1n) is 7.62. The van der Waals surface area contributed by atoms with Crippen LogP contribution in [0.3, 0.4) is 0 Å². The van der Waals surface area contributed by atoms with E-state index in [0.29, 0.717) is 12.2 Å². The topological polar surface area (TPSA) is 105 Å². The van der Waals surface area contributed by atoms with Gasteiger partial charge in [-0.25, -0.2) is 0 Å². The van der Waals surface area contributed by atoms with Crippen LogP contribution < -0.4 is 14.2 Å². The number of phenolic OH excluding ortho intramolecular Hbond substituents is 3. The number of methoxy groups -OCH3 is 2. The smallest absolute Gasteiger partial charge is 0.203 e. The number of rotatable bonds is 4. The van der Waals surface area contributed by atoms with Gasteiger partial charge in [0.05, 0.1) is 26.7 Å². The maximum Gasteiger partial charge on any atom is 0.203 e. The first-order valence-corrected chi connectivity index (χ1v) is 7.62. The highest BCUT2D eigenvalue weighted by atomic mass is 16.5. The Labute approximate surface area is 144 Å². The van der Waals surface area contributed by atoms with Gasteiger partial charge in [-0.1, -0.05) is 6.07 Å². The Hall–Kier alpha value is -3.09. The molecule has 0 aliphatic carbocycles. The second kappa shape index (κ2) is 6.43. The fourth-order valence-corrected chi connectivity index (χ4v) is 2.92. The highest BCUT2D eigenvalue weighted by molar-refractivity contribution is 6.05. The van der Waals surface area contributed by atoms with Gasteiger partial charge in [0.25, 0.3) is 0 Å². The Balaban J connectivity index is 1.92. The van der Waals surface area contributed by atoms with E-state index >= 15 is 0 Å². The van der Waals surface area contributed by atoms with Crippen LogP contribution in [0.25, 0.3) is 0 Å². The molecule has 0 unspecified atom stereocenters. The minimum absolute atomic E-state index is 0.00311. The van der Waals surface area contributed by atoms with Crippen molar-refractivity contribution < 1.29 is 34.3 Å². The van der Waals surface area contributed by atoms with Crippen LogP contribution in [0.4, 0.5) is 0 Å². The van der Waals surface area contributed by atoms with E-state index in [2.05, 4.69) is 0 Å². The van der Waals surface area contributed by atoms with Gasteiger partial charge in [-0.15, -0.1) is 0 Å². The fourth-order valence-electron chi connectivity index (χ4n) is 2.92. The molecule has 1 aliphatic rings. The summed E-state index contributed by atoms with van der Waals surface area (Å²) in [4.78, 5) is 12.8. The molecule has 0 amide bonds. The van der Waals surface area contributed by atoms with E-state index in [4.69, 9.17) is 14.2 Å². The summed E-state index contributed by atoms with van der Waals surface area (Å²) < 4.78 is 15.5. The number of ketones is 1. The average molecular weight is 346 g/mol. The van der Waals surface area contributed by atoms with Crippen LogP contribution in [0.1, 0.15) is 15.9 Å². The van der Waals surface area contributed by atoms with Crippen LogP contribution in [0, 0.1) is 5.92 Å². The summed E-state index contributed by atoms with van der Waals surface area (Å²) in [6.07, 6.45) is 0.345. The molecule has 0 saturated carbocycles. The van der Waals surface area contributed by atoms with E-state index in [1.165, 1.54) is 26.4 Å². The summed E-state index contributed by atoms with van der Waals surface area (Å²) in [5.41, 5.74) is 0.780. The number of ether oxygens (including phenoxy) is 3. The Morgan fingerprint density at radius 2 is 1.88 bits per heavy atom. The number of carbonyl (C=O) groups is 1. The molecule has 7 heteroatoms. The lowest BCUT2D eigenvalue weighted by molar-refractivity contribution is 0.0824. The van der Waals surface area contributed by atoms with Gasteiger partial charge in [0, 0.05) is 6.07 Å². The summed E-state index contributed by atoms with van der Waals surface area (Å²) in [5, 5.41) is 29.7. The molecule has 1 heterocycles. The summed E-state index contributed by atoms with van der Waals surface area (Å²) in [5.74, 6) is -1.27. The van der Waals surface area contributed by atoms with Gasteiger partial charge in [0.1, 0.15) is 11.3 Å². The normalized spacial score (nSPS) is 16.1. The fraction of sp³-hybridized carbons (Fsp3) is 0.278. The lowest BCUT2D eigenvalue weighted by atomic mass is 9.88. The molecule has 1 atom stereocenters. The number of benzene rings is 2. The third-order valence-electron chi connectivity index (χ3n) is 4.19. The maximum atomic E-state index is 12.8. The van der Waals surface area contributed by atoms with Gasteiger partial charge in [-0.05, 0) is 24.1 Å². The molecule has 0 saturated heterocycles. The van der Waals surface area contributed by atoms with Crippen molar-refractivity contribution in [1.29, 1.82) is 0 Å². The Kier molecular flexibility index (Phi) is 4.31. The number of aromatic hydroxyl groups is 3. The zero-order valence-electron chi connectivity index (χ0n) is 13.8. The van der Waals surface area contributed by atoms with Crippen molar-refractivity contribution in [2.24, 2.45) is 5.92 Å². The van der Waals surface area contributed by atoms with Gasteiger partial charge >= 0.3 is 0 Å². The average Bonchev–Trinajstić information content (AvgIpc) is 2.59. The molecular weight excluding hydrogens is 328 g/mol. The first kappa shape index (κ1) is 16.8. The predicted molar refractivity (Wildman–Crippen MR) is 88.0 cm³/mol. The van der Waals surface area contributed by atoms with Gasteiger partial charge in [-0.3, -0.25) is 4.79 Å². The molecule has 1 aliphatic heterocycles. The SMILES string of the molecule is COc1cc(C[C@H]2COc3cc(O)c(OC)c(O)c3C2=O)ccc1O. The minimum Gasteiger partial charge on any atom is -0.504 e. The molecule has 25 heavy (non-hydrogen) atoms. The molecule has 2 aromatic rings. The van der Waals surface area contributed by atoms with E-state index in [1.54, 1.807) is 12.1 Å². The summed E-state index contributed by atoms with van der Waals surface area (Å²) in [7, 11) is 2.73. The van der Waals surface area contributed by atoms with Crippen LogP contribution in [0.5, 0.6) is 34.5 Å². The Morgan fingerprint density at radius 3 is 2.56 bits per heavy atom. The van der Waals surface area contributed by atoms with Crippen LogP contribution in [0.15, 0.2) is 24.3 Å². The largest absolute Gasteiger partial charge is 0.504 e. The van der Waals surface area contributed by atoms with Crippen LogP contribution in [0.2, 0.25) is 0 Å². The molecule has 0 fully saturated rings. The molecule has 0 aromatic heterocycles. The molecule has 7 nitrogen and oxygen atoms in total. The van der Waals surface area contributed by atoms with Gasteiger partial charge in [0.2, 0.25) is 5.75 Å². The van der Waals surface area contributed by atoms with E-state index in [9.17, 15) is 20.1 Å². The number of carbonyl (C=O) groups excluding carboxylic acids is 1. The van der Waals surface area contributed by atoms with E-state index < -0.39 is 11.7 Å². The molecule has 132 valence electrons. The van der Waals surface area contributed by atoms with Crippen molar-refractivity contribution in [3.05, 3.63) is 35.4 Å². The number of hydrogen-bond acceptors (Lipinski definition) is 7. The van der Waals surface area contributed by atoms with Gasteiger partial charge < -0.3 is 29.5 Å².